The van der Waals surface area contributed by atoms with Crippen LogP contribution in [0.1, 0.15) is 5.56 Å². The van der Waals surface area contributed by atoms with Crippen molar-refractivity contribution in [2.24, 2.45) is 0 Å². The van der Waals surface area contributed by atoms with Gasteiger partial charge in [0.1, 0.15) is 6.54 Å². The highest BCUT2D eigenvalue weighted by atomic mass is 14.9. The van der Waals surface area contributed by atoms with Crippen LogP contribution in [0, 0.1) is 6.54 Å². The molecule has 1 heteroatoms. The van der Waals surface area contributed by atoms with E-state index in [1.54, 1.807) is 0 Å². The Hall–Kier alpha value is -1.24. The van der Waals surface area contributed by atoms with Gasteiger partial charge < -0.3 is 5.32 Å². The lowest BCUT2D eigenvalue weighted by molar-refractivity contribution is 1.28. The van der Waals surface area contributed by atoms with Gasteiger partial charge in [-0.2, -0.15) is 0 Å². The third kappa shape index (κ3) is 1.27. The minimum Gasteiger partial charge on any atom is -0.371 e. The van der Waals surface area contributed by atoms with E-state index in [2.05, 4.69) is 36.1 Å². The molecule has 0 fully saturated rings. The quantitative estimate of drug-likeness (QED) is 0.587. The molecule has 0 unspecified atom stereocenters. The summed E-state index contributed by atoms with van der Waals surface area (Å²) in [4.78, 5) is 0. The third-order valence-electron chi connectivity index (χ3n) is 1.76. The first-order valence-corrected chi connectivity index (χ1v) is 3.71. The molecule has 2 rings (SSSR count). The van der Waals surface area contributed by atoms with Gasteiger partial charge in [-0.25, -0.2) is 0 Å². The van der Waals surface area contributed by atoms with E-state index in [-0.39, 0.29) is 0 Å². The second kappa shape index (κ2) is 2.79. The number of fused-ring (bicyclic) bond motifs is 1. The highest BCUT2D eigenvalue weighted by Gasteiger charge is 2.00. The van der Waals surface area contributed by atoms with E-state index >= 15 is 0 Å². The van der Waals surface area contributed by atoms with E-state index in [0.717, 1.165) is 12.1 Å². The maximum absolute atomic E-state index is 3.09. The highest BCUT2D eigenvalue weighted by molar-refractivity contribution is 5.54. The molecule has 0 saturated carbocycles. The molecule has 1 aromatic carbocycles. The Morgan fingerprint density at radius 2 is 2.18 bits per heavy atom. The minimum absolute atomic E-state index is 0.996. The molecule has 0 bridgehead atoms. The molecule has 0 amide bonds. The molecule has 0 aromatic heterocycles. The van der Waals surface area contributed by atoms with Crippen molar-refractivity contribution in [3.05, 3.63) is 48.5 Å². The fourth-order valence-electron chi connectivity index (χ4n) is 1.18. The lowest BCUT2D eigenvalue weighted by Crippen LogP contribution is -1.92. The fourth-order valence-corrected chi connectivity index (χ4v) is 1.18. The van der Waals surface area contributed by atoms with Crippen LogP contribution in [0.2, 0.25) is 0 Å². The zero-order valence-electron chi connectivity index (χ0n) is 6.17. The van der Waals surface area contributed by atoms with E-state index in [1.807, 2.05) is 12.1 Å². The number of rotatable bonds is 0. The van der Waals surface area contributed by atoms with Gasteiger partial charge in [-0.05, 0) is 18.1 Å². The second-order valence-electron chi connectivity index (χ2n) is 2.53. The van der Waals surface area contributed by atoms with Crippen molar-refractivity contribution in [2.75, 3.05) is 5.32 Å². The summed E-state index contributed by atoms with van der Waals surface area (Å²) >= 11 is 0. The summed E-state index contributed by atoms with van der Waals surface area (Å²) in [5.74, 6) is 0. The van der Waals surface area contributed by atoms with Crippen LogP contribution in [0.5, 0.6) is 0 Å². The lowest BCUT2D eigenvalue weighted by atomic mass is 10.1. The van der Waals surface area contributed by atoms with Crippen LogP contribution in [0.15, 0.2) is 36.4 Å². The molecule has 1 aliphatic heterocycles. The normalized spacial score (nSPS) is 14.9. The van der Waals surface area contributed by atoms with Gasteiger partial charge in [0.25, 0.3) is 0 Å². The Morgan fingerprint density at radius 1 is 1.27 bits per heavy atom. The van der Waals surface area contributed by atoms with Gasteiger partial charge in [0, 0.05) is 5.69 Å². The number of anilines is 1. The monoisotopic (exact) mass is 143 g/mol. The number of benzene rings is 1. The smallest absolute Gasteiger partial charge is 0.115 e. The Bertz CT molecular complexity index is 276. The van der Waals surface area contributed by atoms with Crippen molar-refractivity contribution in [2.45, 2.75) is 6.42 Å². The van der Waals surface area contributed by atoms with Gasteiger partial charge >= 0.3 is 0 Å². The largest absolute Gasteiger partial charge is 0.371 e. The first kappa shape index (κ1) is 6.47. The van der Waals surface area contributed by atoms with E-state index in [9.17, 15) is 0 Å². The molecule has 1 heterocycles. The van der Waals surface area contributed by atoms with E-state index in [4.69, 9.17) is 0 Å². The van der Waals surface area contributed by atoms with Gasteiger partial charge in [0.15, 0.2) is 0 Å². The number of hydrogen-bond donors (Lipinski definition) is 1. The van der Waals surface area contributed by atoms with Gasteiger partial charge in [-0.3, -0.25) is 0 Å². The molecular formula is C10H9N. The molecule has 0 aliphatic carbocycles. The topological polar surface area (TPSA) is 12.0 Å². The summed E-state index contributed by atoms with van der Waals surface area (Å²) in [5, 5.41) is 3.09. The standard InChI is InChI=1S/C10H9N/c1-2-7-10-9(5-1)6-3-4-8-11-10/h1-5,7,11H,6H2. The van der Waals surface area contributed by atoms with Crippen LogP contribution < -0.4 is 5.32 Å². The molecule has 0 atom stereocenters. The van der Waals surface area contributed by atoms with Crippen molar-refractivity contribution in [1.29, 1.82) is 0 Å². The van der Waals surface area contributed by atoms with Crippen LogP contribution in [-0.4, -0.2) is 0 Å². The summed E-state index contributed by atoms with van der Waals surface area (Å²) in [6.45, 7) is 2.97. The van der Waals surface area contributed by atoms with Gasteiger partial charge in [-0.1, -0.05) is 30.4 Å². The molecule has 1 N–H and O–H groups in total. The third-order valence-corrected chi connectivity index (χ3v) is 1.76. The Kier molecular flexibility index (Phi) is 1.64. The molecule has 0 saturated heterocycles. The maximum atomic E-state index is 3.09. The van der Waals surface area contributed by atoms with Crippen LogP contribution in [-0.2, 0) is 6.42 Å². The molecule has 1 aromatic rings. The zero-order valence-corrected chi connectivity index (χ0v) is 6.17. The predicted molar refractivity (Wildman–Crippen MR) is 46.2 cm³/mol. The summed E-state index contributed by atoms with van der Waals surface area (Å²) in [6.07, 6.45) is 5.01. The van der Waals surface area contributed by atoms with Crippen molar-refractivity contribution < 1.29 is 0 Å². The number of allylic oxidation sites excluding steroid dienone is 1. The summed E-state index contributed by atoms with van der Waals surface area (Å²) < 4.78 is 0. The molecule has 2 radical (unpaired) electrons. The van der Waals surface area contributed by atoms with Crippen molar-refractivity contribution in [3.63, 3.8) is 0 Å². The van der Waals surface area contributed by atoms with Crippen LogP contribution in [0.25, 0.3) is 0 Å². The van der Waals surface area contributed by atoms with Gasteiger partial charge in [0.2, 0.25) is 0 Å². The molecule has 0 spiro atoms. The molecule has 1 nitrogen and oxygen atoms in total. The highest BCUT2D eigenvalue weighted by Crippen LogP contribution is 2.18. The Labute approximate surface area is 66.7 Å². The zero-order chi connectivity index (χ0) is 7.52. The first-order valence-electron chi connectivity index (χ1n) is 3.71. The van der Waals surface area contributed by atoms with Crippen LogP contribution >= 0.6 is 0 Å². The molecule has 11 heavy (non-hydrogen) atoms. The number of nitrogens with one attached hydrogen (secondary N) is 1. The lowest BCUT2D eigenvalue weighted by Gasteiger charge is -2.04. The van der Waals surface area contributed by atoms with Crippen molar-refractivity contribution >= 4 is 5.69 Å². The predicted octanol–water partition coefficient (Wildman–Crippen LogP) is 2.25. The second-order valence-corrected chi connectivity index (χ2v) is 2.53. The van der Waals surface area contributed by atoms with Crippen LogP contribution in [0.4, 0.5) is 5.69 Å². The first-order chi connectivity index (χ1) is 5.47. The Balaban J connectivity index is 2.40. The minimum atomic E-state index is 0.996. The number of para-hydroxylation sites is 1. The van der Waals surface area contributed by atoms with Gasteiger partial charge in [0.05, 0.1) is 0 Å². The summed E-state index contributed by atoms with van der Waals surface area (Å²) in [5.41, 5.74) is 2.49. The average molecular weight is 143 g/mol. The van der Waals surface area contributed by atoms with Crippen LogP contribution in [0.3, 0.4) is 0 Å². The molecule has 54 valence electrons. The van der Waals surface area contributed by atoms with Gasteiger partial charge in [-0.15, -0.1) is 0 Å². The van der Waals surface area contributed by atoms with Crippen molar-refractivity contribution in [3.8, 4) is 0 Å². The maximum Gasteiger partial charge on any atom is 0.115 e. The van der Waals surface area contributed by atoms with E-state index in [1.165, 1.54) is 5.56 Å². The average Bonchev–Trinajstić information content (AvgIpc) is 2.28. The van der Waals surface area contributed by atoms with Crippen molar-refractivity contribution in [1.82, 2.24) is 0 Å². The summed E-state index contributed by atoms with van der Waals surface area (Å²) in [7, 11) is 0. The number of hydrogen-bond acceptors (Lipinski definition) is 1. The van der Waals surface area contributed by atoms with E-state index in [0.29, 0.717) is 0 Å². The SMILES string of the molecule is [C]1C=CCc2ccccc2N1. The summed E-state index contributed by atoms with van der Waals surface area (Å²) in [6, 6.07) is 8.27. The molecular weight excluding hydrogens is 134 g/mol. The molecule has 1 aliphatic rings. The van der Waals surface area contributed by atoms with E-state index < -0.39 is 0 Å². The Morgan fingerprint density at radius 3 is 3.18 bits per heavy atom. The fraction of sp³-hybridized carbons (Fsp3) is 0.100.